The second-order valence-electron chi connectivity index (χ2n) is 6.70. The van der Waals surface area contributed by atoms with Gasteiger partial charge in [0, 0.05) is 23.3 Å². The number of benzene rings is 2. The van der Waals surface area contributed by atoms with Gasteiger partial charge in [-0.1, -0.05) is 0 Å². The van der Waals surface area contributed by atoms with Crippen molar-refractivity contribution < 1.29 is 44.0 Å². The zero-order chi connectivity index (χ0) is 22.7. The summed E-state index contributed by atoms with van der Waals surface area (Å²) in [6.45, 7) is 0. The number of carbonyl (C=O) groups is 2. The lowest BCUT2D eigenvalue weighted by atomic mass is 9.99. The van der Waals surface area contributed by atoms with Gasteiger partial charge in [0.1, 0.15) is 24.1 Å². The van der Waals surface area contributed by atoms with Crippen LogP contribution in [-0.4, -0.2) is 69.8 Å². The molecule has 1 saturated heterocycles. The van der Waals surface area contributed by atoms with Gasteiger partial charge in [-0.2, -0.15) is 0 Å². The molecule has 0 unspecified atom stereocenters. The number of aliphatic hydroxyl groups excluding tert-OH is 3. The predicted molar refractivity (Wildman–Crippen MR) is 102 cm³/mol. The average Bonchev–Trinajstić information content (AvgIpc) is 2.79. The number of nitro benzene ring substituents is 1. The topological polar surface area (TPSA) is 166 Å². The highest BCUT2D eigenvalue weighted by Gasteiger charge is 2.48. The van der Waals surface area contributed by atoms with Gasteiger partial charge in [-0.3, -0.25) is 14.9 Å². The minimum absolute atomic E-state index is 0.135. The van der Waals surface area contributed by atoms with Crippen LogP contribution in [0, 0.1) is 10.1 Å². The molecule has 0 aliphatic carbocycles. The number of methoxy groups -OCH3 is 1. The number of aliphatic hydroxyl groups is 3. The number of ether oxygens (including phenoxy) is 3. The second-order valence-corrected chi connectivity index (χ2v) is 6.70. The van der Waals surface area contributed by atoms with E-state index in [0.29, 0.717) is 0 Å². The Morgan fingerprint density at radius 2 is 1.48 bits per heavy atom. The van der Waals surface area contributed by atoms with Gasteiger partial charge in [0.2, 0.25) is 6.29 Å². The molecule has 2 aromatic rings. The molecule has 3 N–H and O–H groups in total. The maximum Gasteiger partial charge on any atom is 0.337 e. The second kappa shape index (κ2) is 9.18. The number of carbonyl (C=O) groups excluding carboxylic acids is 2. The van der Waals surface area contributed by atoms with Gasteiger partial charge in [-0.15, -0.1) is 0 Å². The first-order valence-corrected chi connectivity index (χ1v) is 9.06. The molecule has 0 radical (unpaired) electrons. The van der Waals surface area contributed by atoms with Crippen LogP contribution in [0.4, 0.5) is 5.69 Å². The zero-order valence-electron chi connectivity index (χ0n) is 16.2. The molecule has 31 heavy (non-hydrogen) atoms. The molecule has 11 heteroatoms. The van der Waals surface area contributed by atoms with Crippen molar-refractivity contribution in [2.45, 2.75) is 30.7 Å². The van der Waals surface area contributed by atoms with E-state index in [1.165, 1.54) is 48.5 Å². The average molecular weight is 433 g/mol. The smallest absolute Gasteiger partial charge is 0.337 e. The van der Waals surface area contributed by atoms with Crippen molar-refractivity contribution in [2.75, 3.05) is 7.11 Å². The first kappa shape index (κ1) is 22.3. The summed E-state index contributed by atoms with van der Waals surface area (Å²) in [6.07, 6.45) is -8.12. The molecule has 2 aromatic carbocycles. The Hall–Kier alpha value is -3.38. The number of hydrogen-bond donors (Lipinski definition) is 3. The van der Waals surface area contributed by atoms with Crippen LogP contribution in [-0.2, 0) is 14.3 Å². The third-order valence-electron chi connectivity index (χ3n) is 4.71. The minimum Gasteiger partial charge on any atom is -0.467 e. The lowest BCUT2D eigenvalue weighted by molar-refractivity contribution is -0.384. The Balaban J connectivity index is 1.71. The van der Waals surface area contributed by atoms with E-state index in [1.54, 1.807) is 0 Å². The number of nitrogens with zero attached hydrogens (tertiary/aromatic N) is 1. The highest BCUT2D eigenvalue weighted by molar-refractivity contribution is 6.09. The van der Waals surface area contributed by atoms with Crippen molar-refractivity contribution in [3.05, 3.63) is 69.8 Å². The van der Waals surface area contributed by atoms with Crippen molar-refractivity contribution in [1.29, 1.82) is 0 Å². The Morgan fingerprint density at radius 1 is 0.935 bits per heavy atom. The van der Waals surface area contributed by atoms with E-state index in [2.05, 4.69) is 4.74 Å². The summed E-state index contributed by atoms with van der Waals surface area (Å²) < 4.78 is 15.2. The lowest BCUT2D eigenvalue weighted by Crippen LogP contribution is -2.61. The van der Waals surface area contributed by atoms with E-state index in [-0.39, 0.29) is 28.3 Å². The molecule has 1 heterocycles. The van der Waals surface area contributed by atoms with E-state index in [4.69, 9.17) is 9.47 Å². The van der Waals surface area contributed by atoms with Crippen LogP contribution in [0.5, 0.6) is 5.75 Å². The van der Waals surface area contributed by atoms with Crippen LogP contribution in [0.2, 0.25) is 0 Å². The molecular weight excluding hydrogens is 414 g/mol. The van der Waals surface area contributed by atoms with E-state index in [9.17, 15) is 35.0 Å². The molecule has 1 fully saturated rings. The highest BCUT2D eigenvalue weighted by Crippen LogP contribution is 2.26. The van der Waals surface area contributed by atoms with Gasteiger partial charge in [0.25, 0.3) is 5.69 Å². The van der Waals surface area contributed by atoms with Gasteiger partial charge in [-0.05, 0) is 36.4 Å². The van der Waals surface area contributed by atoms with Crippen molar-refractivity contribution >= 4 is 17.4 Å². The number of hydrogen-bond acceptors (Lipinski definition) is 10. The Kier molecular flexibility index (Phi) is 6.61. The van der Waals surface area contributed by atoms with Crippen LogP contribution in [0.15, 0.2) is 48.5 Å². The molecule has 1 aliphatic heterocycles. The van der Waals surface area contributed by atoms with Crippen LogP contribution in [0.3, 0.4) is 0 Å². The molecule has 0 bridgehead atoms. The van der Waals surface area contributed by atoms with Crippen LogP contribution in [0.25, 0.3) is 0 Å². The summed E-state index contributed by atoms with van der Waals surface area (Å²) in [5.41, 5.74) is 0.390. The fraction of sp³-hybridized carbons (Fsp3) is 0.300. The summed E-state index contributed by atoms with van der Waals surface area (Å²) >= 11 is 0. The number of non-ortho nitro benzene ring substituents is 1. The summed E-state index contributed by atoms with van der Waals surface area (Å²) in [4.78, 5) is 34.4. The molecule has 0 spiro atoms. The first-order chi connectivity index (χ1) is 14.7. The predicted octanol–water partition coefficient (Wildman–Crippen LogP) is 0.185. The maximum absolute atomic E-state index is 12.5. The third kappa shape index (κ3) is 4.70. The van der Waals surface area contributed by atoms with E-state index in [0.717, 1.165) is 7.11 Å². The van der Waals surface area contributed by atoms with Crippen LogP contribution in [0.1, 0.15) is 15.9 Å². The third-order valence-corrected chi connectivity index (χ3v) is 4.71. The molecule has 11 nitrogen and oxygen atoms in total. The van der Waals surface area contributed by atoms with Crippen LogP contribution >= 0.6 is 0 Å². The summed E-state index contributed by atoms with van der Waals surface area (Å²) in [5, 5.41) is 40.6. The summed E-state index contributed by atoms with van der Waals surface area (Å²) in [7, 11) is 1.08. The highest BCUT2D eigenvalue weighted by atomic mass is 16.7. The summed E-state index contributed by atoms with van der Waals surface area (Å²) in [5.74, 6) is -1.17. The van der Waals surface area contributed by atoms with Gasteiger partial charge in [0.05, 0.1) is 12.0 Å². The van der Waals surface area contributed by atoms with E-state index in [1.807, 2.05) is 0 Å². The SMILES string of the molecule is COC(=O)[C@H]1O[C@@H](Oc2ccc(C(=O)c3ccc([N+](=O)[O-])cc3)cc2)[C@H](O)[C@@H](O)[C@@H]1O. The quantitative estimate of drug-likeness (QED) is 0.248. The Bertz CT molecular complexity index is 959. The molecule has 3 rings (SSSR count). The number of ketones is 1. The normalized spacial score (nSPS) is 25.5. The number of nitro groups is 1. The largest absolute Gasteiger partial charge is 0.467 e. The molecule has 1 aliphatic rings. The fourth-order valence-corrected chi connectivity index (χ4v) is 2.98. The Labute approximate surface area is 175 Å². The standard InChI is InChI=1S/C20H19NO10/c1-29-19(26)18-16(24)15(23)17(25)20(31-18)30-13-8-4-11(5-9-13)14(22)10-2-6-12(7-3-10)21(27)28/h2-9,15-18,20,23-25H,1H3/t15-,16-,17+,18-,20+/m0/s1. The monoisotopic (exact) mass is 433 g/mol. The molecule has 5 atom stereocenters. The summed E-state index contributed by atoms with van der Waals surface area (Å²) in [6, 6.07) is 10.8. The molecule has 164 valence electrons. The minimum atomic E-state index is -1.72. The van der Waals surface area contributed by atoms with Gasteiger partial charge < -0.3 is 29.5 Å². The van der Waals surface area contributed by atoms with Gasteiger partial charge in [0.15, 0.2) is 11.9 Å². The zero-order valence-corrected chi connectivity index (χ0v) is 16.2. The fourth-order valence-electron chi connectivity index (χ4n) is 2.98. The maximum atomic E-state index is 12.5. The molecule has 0 amide bonds. The molecule has 0 aromatic heterocycles. The first-order valence-electron chi connectivity index (χ1n) is 9.06. The van der Waals surface area contributed by atoms with Crippen molar-refractivity contribution in [2.24, 2.45) is 0 Å². The molecular formula is C20H19NO10. The van der Waals surface area contributed by atoms with Gasteiger partial charge >= 0.3 is 5.97 Å². The van der Waals surface area contributed by atoms with Gasteiger partial charge in [-0.25, -0.2) is 4.79 Å². The molecule has 0 saturated carbocycles. The van der Waals surface area contributed by atoms with E-state index >= 15 is 0 Å². The number of esters is 1. The van der Waals surface area contributed by atoms with Crippen LogP contribution < -0.4 is 4.74 Å². The van der Waals surface area contributed by atoms with Crippen molar-refractivity contribution in [3.8, 4) is 5.75 Å². The van der Waals surface area contributed by atoms with Crippen molar-refractivity contribution in [3.63, 3.8) is 0 Å². The lowest BCUT2D eigenvalue weighted by Gasteiger charge is -2.38. The van der Waals surface area contributed by atoms with E-state index < -0.39 is 41.6 Å². The number of rotatable bonds is 6. The Morgan fingerprint density at radius 3 is 2.00 bits per heavy atom. The van der Waals surface area contributed by atoms with Crippen molar-refractivity contribution in [1.82, 2.24) is 0 Å².